The lowest BCUT2D eigenvalue weighted by Gasteiger charge is -2.20. The van der Waals surface area contributed by atoms with Crippen LogP contribution in [0.25, 0.3) is 22.9 Å². The molecule has 0 N–H and O–H groups in total. The molecule has 0 aliphatic rings. The van der Waals surface area contributed by atoms with Crippen LogP contribution in [0.5, 0.6) is 0 Å². The number of rotatable bonds is 4. The zero-order valence-corrected chi connectivity index (χ0v) is 18.1. The van der Waals surface area contributed by atoms with Gasteiger partial charge in [0.05, 0.1) is 5.69 Å². The number of aromatic nitrogens is 5. The third kappa shape index (κ3) is 3.33. The maximum Gasteiger partial charge on any atom is 0.181 e. The Hall–Kier alpha value is -3.02. The number of nitrogens with zero attached hydrogens (tertiary/aromatic N) is 6. The Morgan fingerprint density at radius 1 is 1.03 bits per heavy atom. The molecule has 0 saturated carbocycles. The average molecular weight is 389 g/mol. The van der Waals surface area contributed by atoms with Gasteiger partial charge in [0.15, 0.2) is 11.3 Å². The molecule has 4 aromatic heterocycles. The molecule has 29 heavy (non-hydrogen) atoms. The number of hydrogen-bond donors (Lipinski definition) is 0. The lowest BCUT2D eigenvalue weighted by molar-refractivity contribution is 0.560. The van der Waals surface area contributed by atoms with E-state index < -0.39 is 0 Å². The monoisotopic (exact) mass is 388 g/mol. The first kappa shape index (κ1) is 19.3. The van der Waals surface area contributed by atoms with Crippen molar-refractivity contribution in [2.45, 2.75) is 47.0 Å². The van der Waals surface area contributed by atoms with Gasteiger partial charge in [-0.25, -0.2) is 15.0 Å². The predicted molar refractivity (Wildman–Crippen MR) is 118 cm³/mol. The molecule has 4 rings (SSSR count). The normalized spacial score (nSPS) is 13.0. The van der Waals surface area contributed by atoms with E-state index in [-0.39, 0.29) is 5.41 Å². The summed E-state index contributed by atoms with van der Waals surface area (Å²) in [7, 11) is 0. The second-order valence-electron chi connectivity index (χ2n) is 8.37. The van der Waals surface area contributed by atoms with E-state index in [1.807, 2.05) is 16.6 Å². The largest absolute Gasteiger partial charge is 0.357 e. The van der Waals surface area contributed by atoms with E-state index in [4.69, 9.17) is 15.1 Å². The zero-order chi connectivity index (χ0) is 20.8. The Kier molecular flexibility index (Phi) is 4.73. The molecule has 4 aromatic rings. The Morgan fingerprint density at radius 3 is 2.45 bits per heavy atom. The molecule has 0 unspecified atom stereocenters. The summed E-state index contributed by atoms with van der Waals surface area (Å²) < 4.78 is 1.87. The minimum absolute atomic E-state index is 0.115. The van der Waals surface area contributed by atoms with Crippen LogP contribution >= 0.6 is 0 Å². The van der Waals surface area contributed by atoms with Crippen molar-refractivity contribution >= 4 is 28.7 Å². The van der Waals surface area contributed by atoms with Crippen LogP contribution in [-0.2, 0) is 5.41 Å². The SMILES string of the molecule is CCN(CC)c1ccc(C=c2c(C(C)(C)C)nn3c2nc2cccnc23)c(C)n1. The van der Waals surface area contributed by atoms with Crippen LogP contribution in [0.1, 0.15) is 51.6 Å². The molecule has 6 nitrogen and oxygen atoms in total. The van der Waals surface area contributed by atoms with Gasteiger partial charge in [0.2, 0.25) is 0 Å². The van der Waals surface area contributed by atoms with Gasteiger partial charge in [-0.2, -0.15) is 9.61 Å². The zero-order valence-electron chi connectivity index (χ0n) is 18.1. The molecule has 0 aromatic carbocycles. The predicted octanol–water partition coefficient (Wildman–Crippen LogP) is 3.67. The molecule has 6 heteroatoms. The van der Waals surface area contributed by atoms with Gasteiger partial charge in [-0.1, -0.05) is 20.8 Å². The summed E-state index contributed by atoms with van der Waals surface area (Å²) >= 11 is 0. The van der Waals surface area contributed by atoms with Gasteiger partial charge in [0.25, 0.3) is 0 Å². The minimum atomic E-state index is -0.115. The van der Waals surface area contributed by atoms with Crippen LogP contribution < -0.4 is 10.1 Å². The number of hydrogen-bond acceptors (Lipinski definition) is 5. The summed E-state index contributed by atoms with van der Waals surface area (Å²) in [6.07, 6.45) is 3.95. The number of aryl methyl sites for hydroxylation is 1. The Morgan fingerprint density at radius 2 is 1.79 bits per heavy atom. The molecule has 0 amide bonds. The topological polar surface area (TPSA) is 59.2 Å². The van der Waals surface area contributed by atoms with Crippen molar-refractivity contribution < 1.29 is 0 Å². The van der Waals surface area contributed by atoms with Gasteiger partial charge >= 0.3 is 0 Å². The fourth-order valence-corrected chi connectivity index (χ4v) is 3.71. The summed E-state index contributed by atoms with van der Waals surface area (Å²) in [6, 6.07) is 8.12. The maximum atomic E-state index is 4.90. The number of anilines is 1. The standard InChI is InChI=1S/C23H28N6/c1-7-28(8-2)19-12-11-16(15(3)25-19)14-17-20(23(4,5)6)27-29-21(17)26-18-10-9-13-24-22(18)29/h9-14H,7-8H2,1-6H3. The van der Waals surface area contributed by atoms with Gasteiger partial charge < -0.3 is 4.90 Å². The van der Waals surface area contributed by atoms with E-state index in [1.54, 1.807) is 6.20 Å². The lowest BCUT2D eigenvalue weighted by atomic mass is 9.90. The fourth-order valence-electron chi connectivity index (χ4n) is 3.71. The second kappa shape index (κ2) is 7.10. The molecule has 0 aliphatic heterocycles. The van der Waals surface area contributed by atoms with Crippen molar-refractivity contribution in [2.75, 3.05) is 18.0 Å². The highest BCUT2D eigenvalue weighted by atomic mass is 15.3. The second-order valence-corrected chi connectivity index (χ2v) is 8.37. The molecule has 0 atom stereocenters. The van der Waals surface area contributed by atoms with Gasteiger partial charge in [0.1, 0.15) is 11.3 Å². The molecular formula is C23H28N6. The van der Waals surface area contributed by atoms with Crippen molar-refractivity contribution in [1.82, 2.24) is 24.6 Å². The summed E-state index contributed by atoms with van der Waals surface area (Å²) in [6.45, 7) is 14.8. The smallest absolute Gasteiger partial charge is 0.181 e. The Balaban J connectivity index is 1.96. The summed E-state index contributed by atoms with van der Waals surface area (Å²) in [5.41, 5.74) is 5.48. The first-order valence-electron chi connectivity index (χ1n) is 10.2. The van der Waals surface area contributed by atoms with Gasteiger partial charge in [-0.3, -0.25) is 0 Å². The molecule has 0 fully saturated rings. The molecule has 0 radical (unpaired) electrons. The van der Waals surface area contributed by atoms with E-state index in [9.17, 15) is 0 Å². The van der Waals surface area contributed by atoms with Crippen LogP contribution in [-0.4, -0.2) is 37.7 Å². The van der Waals surface area contributed by atoms with E-state index in [1.165, 1.54) is 0 Å². The Labute approximate surface area is 171 Å². The van der Waals surface area contributed by atoms with E-state index in [0.29, 0.717) is 0 Å². The van der Waals surface area contributed by atoms with E-state index in [0.717, 1.165) is 57.9 Å². The summed E-state index contributed by atoms with van der Waals surface area (Å²) in [5.74, 6) is 1.02. The van der Waals surface area contributed by atoms with Gasteiger partial charge in [0, 0.05) is 35.6 Å². The third-order valence-electron chi connectivity index (χ3n) is 5.30. The van der Waals surface area contributed by atoms with Crippen molar-refractivity contribution in [3.05, 3.63) is 52.6 Å². The quantitative estimate of drug-likeness (QED) is 0.534. The van der Waals surface area contributed by atoms with Crippen molar-refractivity contribution in [3.63, 3.8) is 0 Å². The maximum absolute atomic E-state index is 4.90. The van der Waals surface area contributed by atoms with Crippen LogP contribution in [0.4, 0.5) is 5.82 Å². The van der Waals surface area contributed by atoms with Crippen LogP contribution in [0, 0.1) is 6.92 Å². The van der Waals surface area contributed by atoms with Crippen molar-refractivity contribution in [1.29, 1.82) is 0 Å². The third-order valence-corrected chi connectivity index (χ3v) is 5.30. The molecule has 4 heterocycles. The highest BCUT2D eigenvalue weighted by Gasteiger charge is 2.23. The molecule has 0 aliphatic carbocycles. The molecular weight excluding hydrogens is 360 g/mol. The summed E-state index contributed by atoms with van der Waals surface area (Å²) in [4.78, 5) is 16.4. The average Bonchev–Trinajstić information content (AvgIpc) is 3.21. The Bertz CT molecular complexity index is 1230. The lowest BCUT2D eigenvalue weighted by Crippen LogP contribution is -2.23. The molecule has 0 bridgehead atoms. The summed E-state index contributed by atoms with van der Waals surface area (Å²) in [5, 5.41) is 5.94. The first-order valence-corrected chi connectivity index (χ1v) is 10.2. The van der Waals surface area contributed by atoms with Gasteiger partial charge in [-0.05, 0) is 56.7 Å². The van der Waals surface area contributed by atoms with Crippen LogP contribution in [0.2, 0.25) is 0 Å². The van der Waals surface area contributed by atoms with E-state index >= 15 is 0 Å². The molecule has 0 spiro atoms. The van der Waals surface area contributed by atoms with Crippen molar-refractivity contribution in [2.24, 2.45) is 0 Å². The molecule has 150 valence electrons. The minimum Gasteiger partial charge on any atom is -0.357 e. The number of imidazole rings is 1. The fraction of sp³-hybridized carbons (Fsp3) is 0.391. The number of fused-ring (bicyclic) bond motifs is 3. The van der Waals surface area contributed by atoms with Crippen molar-refractivity contribution in [3.8, 4) is 0 Å². The van der Waals surface area contributed by atoms with E-state index in [2.05, 4.69) is 69.6 Å². The van der Waals surface area contributed by atoms with Crippen LogP contribution in [0.3, 0.4) is 0 Å². The number of pyridine rings is 2. The first-order chi connectivity index (χ1) is 13.8. The highest BCUT2D eigenvalue weighted by Crippen LogP contribution is 2.22. The van der Waals surface area contributed by atoms with Gasteiger partial charge in [-0.15, -0.1) is 0 Å². The molecule has 0 saturated heterocycles. The highest BCUT2D eigenvalue weighted by molar-refractivity contribution is 5.77. The van der Waals surface area contributed by atoms with Crippen LogP contribution in [0.15, 0.2) is 30.5 Å².